The average molecular weight is 422 g/mol. The quantitative estimate of drug-likeness (QED) is 0.420. The molecule has 0 atom stereocenters. The van der Waals surface area contributed by atoms with Gasteiger partial charge in [0.05, 0.1) is 17.7 Å². The highest BCUT2D eigenvalue weighted by Crippen LogP contribution is 2.28. The molecule has 0 N–H and O–H groups in total. The molecule has 0 saturated carbocycles. The molecule has 0 saturated heterocycles. The van der Waals surface area contributed by atoms with E-state index in [1.165, 1.54) is 12.1 Å². The fraction of sp³-hybridized carbons (Fsp3) is 0.167. The lowest BCUT2D eigenvalue weighted by molar-refractivity contribution is -0.0498. The Hall–Kier alpha value is -3.74. The summed E-state index contributed by atoms with van der Waals surface area (Å²) in [5.41, 5.74) is 2.88. The molecule has 5 nitrogen and oxygen atoms in total. The largest absolute Gasteiger partial charge is 0.478 e. The number of halogens is 2. The van der Waals surface area contributed by atoms with Crippen molar-refractivity contribution in [3.8, 4) is 28.4 Å². The highest BCUT2D eigenvalue weighted by Gasteiger charge is 2.16. The minimum absolute atomic E-state index is 0.0146. The van der Waals surface area contributed by atoms with Gasteiger partial charge in [0.15, 0.2) is 0 Å². The van der Waals surface area contributed by atoms with Crippen LogP contribution in [0.2, 0.25) is 0 Å². The van der Waals surface area contributed by atoms with E-state index >= 15 is 0 Å². The molecule has 0 bridgehead atoms. The van der Waals surface area contributed by atoms with Crippen LogP contribution in [-0.2, 0) is 0 Å². The molecule has 0 amide bonds. The molecule has 0 radical (unpaired) electrons. The standard InChI is InChI=1S/C24H20F2N2O3/c1-3-30-20-13-8-17-14-28(18-9-4-15(2)5-10-18)23(29)21(22(17)27-20)16-6-11-19(12-7-16)31-24(25)26/h4-14,24H,3H2,1-2H3. The van der Waals surface area contributed by atoms with Crippen LogP contribution in [0.25, 0.3) is 27.7 Å². The molecular weight excluding hydrogens is 402 g/mol. The van der Waals surface area contributed by atoms with E-state index in [9.17, 15) is 13.6 Å². The maximum absolute atomic E-state index is 13.5. The molecule has 0 aliphatic heterocycles. The topological polar surface area (TPSA) is 53.4 Å². The van der Waals surface area contributed by atoms with Crippen molar-refractivity contribution in [3.63, 3.8) is 0 Å². The van der Waals surface area contributed by atoms with Crippen LogP contribution in [0.5, 0.6) is 11.6 Å². The third kappa shape index (κ3) is 4.26. The summed E-state index contributed by atoms with van der Waals surface area (Å²) >= 11 is 0. The third-order valence-corrected chi connectivity index (χ3v) is 4.81. The first-order chi connectivity index (χ1) is 15.0. The number of alkyl halides is 2. The van der Waals surface area contributed by atoms with Gasteiger partial charge in [-0.15, -0.1) is 0 Å². The van der Waals surface area contributed by atoms with E-state index in [0.29, 0.717) is 34.8 Å². The molecule has 158 valence electrons. The summed E-state index contributed by atoms with van der Waals surface area (Å²) in [6.45, 7) is 1.34. The molecule has 2 aromatic heterocycles. The van der Waals surface area contributed by atoms with Crippen LogP contribution in [0.4, 0.5) is 8.78 Å². The smallest absolute Gasteiger partial charge is 0.387 e. The first kappa shape index (κ1) is 20.5. The van der Waals surface area contributed by atoms with Gasteiger partial charge in [-0.3, -0.25) is 9.36 Å². The summed E-state index contributed by atoms with van der Waals surface area (Å²) < 4.78 is 36.5. The van der Waals surface area contributed by atoms with Gasteiger partial charge in [-0.05, 0) is 49.7 Å². The molecule has 7 heteroatoms. The molecule has 31 heavy (non-hydrogen) atoms. The Morgan fingerprint density at radius 2 is 1.71 bits per heavy atom. The van der Waals surface area contributed by atoms with Crippen molar-refractivity contribution in [1.29, 1.82) is 0 Å². The van der Waals surface area contributed by atoms with Crippen LogP contribution >= 0.6 is 0 Å². The predicted molar refractivity (Wildman–Crippen MR) is 115 cm³/mol. The molecule has 0 unspecified atom stereocenters. The van der Waals surface area contributed by atoms with Gasteiger partial charge in [0.1, 0.15) is 5.75 Å². The average Bonchev–Trinajstić information content (AvgIpc) is 2.75. The summed E-state index contributed by atoms with van der Waals surface area (Å²) in [5.74, 6) is 0.419. The normalized spacial score (nSPS) is 11.1. The van der Waals surface area contributed by atoms with Crippen LogP contribution in [0.3, 0.4) is 0 Å². The van der Waals surface area contributed by atoms with Gasteiger partial charge in [0.2, 0.25) is 5.88 Å². The number of pyridine rings is 2. The van der Waals surface area contributed by atoms with Crippen molar-refractivity contribution >= 4 is 10.9 Å². The molecule has 0 fully saturated rings. The first-order valence-electron chi connectivity index (χ1n) is 9.78. The summed E-state index contributed by atoms with van der Waals surface area (Å²) in [4.78, 5) is 18.1. The van der Waals surface area contributed by atoms with Crippen molar-refractivity contribution in [2.75, 3.05) is 6.61 Å². The van der Waals surface area contributed by atoms with Gasteiger partial charge in [-0.2, -0.15) is 8.78 Å². The number of benzene rings is 2. The van der Waals surface area contributed by atoms with E-state index in [1.807, 2.05) is 44.2 Å². The van der Waals surface area contributed by atoms with E-state index in [0.717, 1.165) is 10.9 Å². The fourth-order valence-corrected chi connectivity index (χ4v) is 3.36. The Labute approximate surface area is 177 Å². The summed E-state index contributed by atoms with van der Waals surface area (Å²) in [6.07, 6.45) is 1.74. The number of nitrogens with zero attached hydrogens (tertiary/aromatic N) is 2. The van der Waals surface area contributed by atoms with Gasteiger partial charge in [0.25, 0.3) is 5.56 Å². The van der Waals surface area contributed by atoms with E-state index in [-0.39, 0.29) is 11.3 Å². The number of rotatable bonds is 6. The van der Waals surface area contributed by atoms with Gasteiger partial charge < -0.3 is 9.47 Å². The Balaban J connectivity index is 1.95. The minimum Gasteiger partial charge on any atom is -0.478 e. The predicted octanol–water partition coefficient (Wildman–Crippen LogP) is 5.36. The monoisotopic (exact) mass is 422 g/mol. The van der Waals surface area contributed by atoms with E-state index in [2.05, 4.69) is 9.72 Å². The molecular formula is C24H20F2N2O3. The SMILES string of the molecule is CCOc1ccc2cn(-c3ccc(C)cc3)c(=O)c(-c3ccc(OC(F)F)cc3)c2n1. The summed E-state index contributed by atoms with van der Waals surface area (Å²) in [5, 5.41) is 0.742. The minimum atomic E-state index is -2.92. The van der Waals surface area contributed by atoms with Crippen molar-refractivity contribution in [1.82, 2.24) is 9.55 Å². The van der Waals surface area contributed by atoms with Crippen molar-refractivity contribution in [2.45, 2.75) is 20.5 Å². The van der Waals surface area contributed by atoms with Gasteiger partial charge in [-0.25, -0.2) is 4.98 Å². The zero-order valence-corrected chi connectivity index (χ0v) is 17.0. The first-order valence-corrected chi connectivity index (χ1v) is 9.78. The second-order valence-corrected chi connectivity index (χ2v) is 6.94. The third-order valence-electron chi connectivity index (χ3n) is 4.81. The van der Waals surface area contributed by atoms with Gasteiger partial charge in [0, 0.05) is 23.3 Å². The second kappa shape index (κ2) is 8.55. The van der Waals surface area contributed by atoms with Crippen LogP contribution in [-0.4, -0.2) is 22.8 Å². The van der Waals surface area contributed by atoms with E-state index in [1.54, 1.807) is 29.0 Å². The van der Waals surface area contributed by atoms with Gasteiger partial charge >= 0.3 is 6.61 Å². The highest BCUT2D eigenvalue weighted by molar-refractivity contribution is 5.93. The lowest BCUT2D eigenvalue weighted by Crippen LogP contribution is -2.20. The van der Waals surface area contributed by atoms with Crippen molar-refractivity contribution in [3.05, 3.63) is 82.8 Å². The Kier molecular flexibility index (Phi) is 5.66. The lowest BCUT2D eigenvalue weighted by atomic mass is 10.0. The lowest BCUT2D eigenvalue weighted by Gasteiger charge is -2.14. The molecule has 4 rings (SSSR count). The summed E-state index contributed by atoms with van der Waals surface area (Å²) in [6, 6.07) is 17.1. The van der Waals surface area contributed by atoms with Crippen molar-refractivity contribution in [2.24, 2.45) is 0 Å². The van der Waals surface area contributed by atoms with E-state index < -0.39 is 6.61 Å². The molecule has 4 aromatic rings. The van der Waals surface area contributed by atoms with Crippen LogP contribution < -0.4 is 15.0 Å². The maximum atomic E-state index is 13.5. The summed E-state index contributed by atoms with van der Waals surface area (Å²) in [7, 11) is 0. The Morgan fingerprint density at radius 3 is 2.35 bits per heavy atom. The number of hydrogen-bond donors (Lipinski definition) is 0. The maximum Gasteiger partial charge on any atom is 0.387 e. The fourth-order valence-electron chi connectivity index (χ4n) is 3.36. The second-order valence-electron chi connectivity index (χ2n) is 6.94. The number of aryl methyl sites for hydroxylation is 1. The Bertz CT molecular complexity index is 1270. The van der Waals surface area contributed by atoms with Crippen LogP contribution in [0.1, 0.15) is 12.5 Å². The van der Waals surface area contributed by atoms with E-state index in [4.69, 9.17) is 4.74 Å². The zero-order chi connectivity index (χ0) is 22.0. The number of hydrogen-bond acceptors (Lipinski definition) is 4. The molecule has 2 aromatic carbocycles. The van der Waals surface area contributed by atoms with Crippen molar-refractivity contribution < 1.29 is 18.3 Å². The number of ether oxygens (including phenoxy) is 2. The number of aromatic nitrogens is 2. The Morgan fingerprint density at radius 1 is 1.00 bits per heavy atom. The van der Waals surface area contributed by atoms with Crippen LogP contribution in [0.15, 0.2) is 71.7 Å². The zero-order valence-electron chi connectivity index (χ0n) is 17.0. The molecule has 0 aliphatic carbocycles. The van der Waals surface area contributed by atoms with Crippen LogP contribution in [0, 0.1) is 6.92 Å². The highest BCUT2D eigenvalue weighted by atomic mass is 19.3. The number of fused-ring (bicyclic) bond motifs is 1. The molecule has 2 heterocycles. The molecule has 0 spiro atoms. The molecule has 0 aliphatic rings. The van der Waals surface area contributed by atoms with Gasteiger partial charge in [-0.1, -0.05) is 29.8 Å².